The van der Waals surface area contributed by atoms with Gasteiger partial charge >= 0.3 is 5.97 Å². The second-order valence-corrected chi connectivity index (χ2v) is 5.99. The Kier molecular flexibility index (Phi) is 4.52. The number of carbonyl (C=O) groups is 1. The molecule has 3 nitrogen and oxygen atoms in total. The van der Waals surface area contributed by atoms with Gasteiger partial charge in [0.15, 0.2) is 5.60 Å². The molecule has 0 spiro atoms. The number of rotatable bonds is 5. The molecule has 116 valence electrons. The second-order valence-electron chi connectivity index (χ2n) is 5.18. The van der Waals surface area contributed by atoms with E-state index >= 15 is 0 Å². The average Bonchev–Trinajstić information content (AvgIpc) is 3.02. The number of carbonyl (C=O) groups excluding carboxylic acids is 1. The number of esters is 1. The SMILES string of the molecule is CCCC1(C(=O)OCC)OC1(C)c1cc(F)c(Cl)cc1Cl. The van der Waals surface area contributed by atoms with Crippen molar-refractivity contribution in [2.45, 2.75) is 44.8 Å². The molecule has 0 bridgehead atoms. The number of epoxide rings is 1. The summed E-state index contributed by atoms with van der Waals surface area (Å²) in [6.45, 7) is 5.64. The number of hydrogen-bond donors (Lipinski definition) is 0. The Balaban J connectivity index is 2.44. The highest BCUT2D eigenvalue weighted by Crippen LogP contribution is 2.60. The molecule has 0 radical (unpaired) electrons. The van der Waals surface area contributed by atoms with Crippen molar-refractivity contribution in [3.8, 4) is 0 Å². The first-order chi connectivity index (χ1) is 9.82. The van der Waals surface area contributed by atoms with E-state index in [1.165, 1.54) is 12.1 Å². The van der Waals surface area contributed by atoms with Crippen LogP contribution >= 0.6 is 23.2 Å². The average molecular weight is 335 g/mol. The summed E-state index contributed by atoms with van der Waals surface area (Å²) in [6.07, 6.45) is 1.20. The van der Waals surface area contributed by atoms with Gasteiger partial charge in [-0.25, -0.2) is 9.18 Å². The molecule has 21 heavy (non-hydrogen) atoms. The van der Waals surface area contributed by atoms with Crippen molar-refractivity contribution in [2.75, 3.05) is 6.61 Å². The molecule has 2 rings (SSSR count). The first-order valence-electron chi connectivity index (χ1n) is 6.84. The molecule has 0 aromatic heterocycles. The van der Waals surface area contributed by atoms with Crippen LogP contribution in [0.1, 0.15) is 39.2 Å². The Morgan fingerprint density at radius 3 is 2.57 bits per heavy atom. The molecule has 2 atom stereocenters. The van der Waals surface area contributed by atoms with E-state index in [0.29, 0.717) is 12.0 Å². The fourth-order valence-electron chi connectivity index (χ4n) is 2.71. The van der Waals surface area contributed by atoms with Gasteiger partial charge in [0.05, 0.1) is 11.6 Å². The summed E-state index contributed by atoms with van der Waals surface area (Å²) < 4.78 is 24.6. The number of hydrogen-bond acceptors (Lipinski definition) is 3. The molecule has 1 aromatic rings. The Morgan fingerprint density at radius 2 is 2.00 bits per heavy atom. The molecule has 0 N–H and O–H groups in total. The van der Waals surface area contributed by atoms with Crippen LogP contribution in [0.3, 0.4) is 0 Å². The van der Waals surface area contributed by atoms with Crippen LogP contribution in [0.4, 0.5) is 4.39 Å². The Morgan fingerprint density at radius 1 is 1.33 bits per heavy atom. The highest BCUT2D eigenvalue weighted by Gasteiger charge is 2.73. The van der Waals surface area contributed by atoms with Gasteiger partial charge in [0, 0.05) is 10.6 Å². The van der Waals surface area contributed by atoms with Crippen molar-refractivity contribution >= 4 is 29.2 Å². The van der Waals surface area contributed by atoms with Crippen molar-refractivity contribution < 1.29 is 18.7 Å². The van der Waals surface area contributed by atoms with Gasteiger partial charge in [-0.1, -0.05) is 36.5 Å². The number of halogens is 3. The van der Waals surface area contributed by atoms with Gasteiger partial charge in [0.1, 0.15) is 11.4 Å². The van der Waals surface area contributed by atoms with Gasteiger partial charge in [-0.3, -0.25) is 0 Å². The Bertz CT molecular complexity index is 578. The predicted octanol–water partition coefficient (Wildman–Crippen LogP) is 4.48. The van der Waals surface area contributed by atoms with Gasteiger partial charge in [0.25, 0.3) is 0 Å². The lowest BCUT2D eigenvalue weighted by Crippen LogP contribution is -2.33. The van der Waals surface area contributed by atoms with Gasteiger partial charge in [0.2, 0.25) is 0 Å². The molecule has 0 saturated carbocycles. The molecular formula is C15H17Cl2FO3. The summed E-state index contributed by atoms with van der Waals surface area (Å²) in [5.74, 6) is -1.04. The maximum Gasteiger partial charge on any atom is 0.341 e. The van der Waals surface area contributed by atoms with E-state index in [2.05, 4.69) is 0 Å². The van der Waals surface area contributed by atoms with Crippen LogP contribution in [0, 0.1) is 5.82 Å². The lowest BCUT2D eigenvalue weighted by Gasteiger charge is -2.17. The molecule has 1 aliphatic rings. The molecule has 0 amide bonds. The van der Waals surface area contributed by atoms with Crippen LogP contribution < -0.4 is 0 Å². The summed E-state index contributed by atoms with van der Waals surface area (Å²) in [6, 6.07) is 2.55. The van der Waals surface area contributed by atoms with E-state index in [4.69, 9.17) is 32.7 Å². The number of benzene rings is 1. The third-order valence-corrected chi connectivity index (χ3v) is 4.44. The van der Waals surface area contributed by atoms with E-state index in [1.807, 2.05) is 6.92 Å². The fraction of sp³-hybridized carbons (Fsp3) is 0.533. The Hall–Kier alpha value is -0.840. The standard InChI is InChI=1S/C15H17Cl2FO3/c1-4-6-15(13(19)20-5-2)14(3,21-15)9-7-12(18)11(17)8-10(9)16/h7-8H,4-6H2,1-3H3. The number of ether oxygens (including phenoxy) is 2. The lowest BCUT2D eigenvalue weighted by molar-refractivity contribution is -0.149. The molecule has 1 aromatic carbocycles. The molecule has 1 saturated heterocycles. The van der Waals surface area contributed by atoms with Crippen LogP contribution in [0.25, 0.3) is 0 Å². The van der Waals surface area contributed by atoms with Crippen molar-refractivity contribution in [3.63, 3.8) is 0 Å². The molecule has 6 heteroatoms. The second kappa shape index (κ2) is 5.75. The van der Waals surface area contributed by atoms with Gasteiger partial charge in [-0.05, 0) is 32.4 Å². The molecule has 1 heterocycles. The zero-order valence-corrected chi connectivity index (χ0v) is 13.6. The van der Waals surface area contributed by atoms with E-state index in [0.717, 1.165) is 6.42 Å². The van der Waals surface area contributed by atoms with Crippen LogP contribution in [0.5, 0.6) is 0 Å². The minimum atomic E-state index is -1.11. The first-order valence-corrected chi connectivity index (χ1v) is 7.60. The minimum Gasteiger partial charge on any atom is -0.464 e. The summed E-state index contributed by atoms with van der Waals surface area (Å²) in [5, 5.41) is 0.205. The topological polar surface area (TPSA) is 38.8 Å². The maximum absolute atomic E-state index is 13.7. The van der Waals surface area contributed by atoms with Crippen molar-refractivity contribution in [1.29, 1.82) is 0 Å². The summed E-state index contributed by atoms with van der Waals surface area (Å²) >= 11 is 11.9. The summed E-state index contributed by atoms with van der Waals surface area (Å²) in [7, 11) is 0. The zero-order valence-electron chi connectivity index (χ0n) is 12.1. The van der Waals surface area contributed by atoms with Crippen LogP contribution in [0.15, 0.2) is 12.1 Å². The lowest BCUT2D eigenvalue weighted by atomic mass is 9.84. The zero-order chi connectivity index (χ0) is 15.8. The largest absolute Gasteiger partial charge is 0.464 e. The van der Waals surface area contributed by atoms with Crippen LogP contribution in [0.2, 0.25) is 10.0 Å². The van der Waals surface area contributed by atoms with Crippen molar-refractivity contribution in [1.82, 2.24) is 0 Å². The van der Waals surface area contributed by atoms with Crippen molar-refractivity contribution in [2.24, 2.45) is 0 Å². The molecule has 1 aliphatic heterocycles. The van der Waals surface area contributed by atoms with E-state index < -0.39 is 23.0 Å². The molecule has 0 aliphatic carbocycles. The third-order valence-electron chi connectivity index (χ3n) is 3.84. The predicted molar refractivity (Wildman–Crippen MR) is 79.1 cm³/mol. The van der Waals surface area contributed by atoms with E-state index in [9.17, 15) is 9.18 Å². The third kappa shape index (κ3) is 2.54. The van der Waals surface area contributed by atoms with E-state index in [-0.39, 0.29) is 16.7 Å². The van der Waals surface area contributed by atoms with Gasteiger partial charge in [-0.2, -0.15) is 0 Å². The monoisotopic (exact) mass is 334 g/mol. The summed E-state index contributed by atoms with van der Waals surface area (Å²) in [5.41, 5.74) is -1.70. The maximum atomic E-state index is 13.7. The van der Waals surface area contributed by atoms with Crippen LogP contribution in [-0.2, 0) is 19.9 Å². The molecular weight excluding hydrogens is 318 g/mol. The highest BCUT2D eigenvalue weighted by atomic mass is 35.5. The van der Waals surface area contributed by atoms with E-state index in [1.54, 1.807) is 13.8 Å². The van der Waals surface area contributed by atoms with Crippen molar-refractivity contribution in [3.05, 3.63) is 33.6 Å². The normalized spacial score (nSPS) is 27.5. The highest BCUT2D eigenvalue weighted by molar-refractivity contribution is 6.35. The fourth-order valence-corrected chi connectivity index (χ4v) is 3.27. The molecule has 2 unspecified atom stereocenters. The van der Waals surface area contributed by atoms with Gasteiger partial charge < -0.3 is 9.47 Å². The quantitative estimate of drug-likeness (QED) is 0.452. The Labute approximate surface area is 133 Å². The smallest absolute Gasteiger partial charge is 0.341 e. The molecule has 1 fully saturated rings. The van der Waals surface area contributed by atoms with Gasteiger partial charge in [-0.15, -0.1) is 0 Å². The summed E-state index contributed by atoms with van der Waals surface area (Å²) in [4.78, 5) is 12.3. The van der Waals surface area contributed by atoms with Crippen LogP contribution in [-0.4, -0.2) is 18.2 Å². The first kappa shape index (κ1) is 16.5. The minimum absolute atomic E-state index is 0.0646.